The second kappa shape index (κ2) is 10.9. The van der Waals surface area contributed by atoms with Gasteiger partial charge in [-0.15, -0.1) is 0 Å². The van der Waals surface area contributed by atoms with Crippen molar-refractivity contribution in [2.45, 2.75) is 25.8 Å². The first-order valence-electron chi connectivity index (χ1n) is 9.55. The number of piperidine rings is 1. The van der Waals surface area contributed by atoms with Crippen LogP contribution in [0.3, 0.4) is 0 Å². The lowest BCUT2D eigenvalue weighted by Gasteiger charge is -2.31. The zero-order valence-electron chi connectivity index (χ0n) is 16.5. The highest BCUT2D eigenvalue weighted by atomic mass is 16.6. The number of benzene rings is 1. The summed E-state index contributed by atoms with van der Waals surface area (Å²) in [7, 11) is 0. The summed E-state index contributed by atoms with van der Waals surface area (Å²) in [6.07, 6.45) is 0.963. The highest BCUT2D eigenvalue weighted by Gasteiger charge is 2.24. The van der Waals surface area contributed by atoms with Gasteiger partial charge in [0.2, 0.25) is 11.8 Å². The average Bonchev–Trinajstić information content (AvgIpc) is 2.71. The van der Waals surface area contributed by atoms with E-state index in [4.69, 9.17) is 15.9 Å². The summed E-state index contributed by atoms with van der Waals surface area (Å²) in [6.45, 7) is 3.03. The van der Waals surface area contributed by atoms with Gasteiger partial charge in [-0.3, -0.25) is 15.0 Å². The number of ether oxygens (including phenoxy) is 1. The summed E-state index contributed by atoms with van der Waals surface area (Å²) in [5, 5.41) is 15.8. The van der Waals surface area contributed by atoms with Gasteiger partial charge in [-0.05, 0) is 31.9 Å². The van der Waals surface area contributed by atoms with Crippen LogP contribution in [0.5, 0.6) is 0 Å². The van der Waals surface area contributed by atoms with E-state index in [0.29, 0.717) is 43.8 Å². The van der Waals surface area contributed by atoms with Crippen LogP contribution in [0.1, 0.15) is 25.3 Å². The van der Waals surface area contributed by atoms with Crippen molar-refractivity contribution in [2.24, 2.45) is 5.73 Å². The maximum Gasteiger partial charge on any atom is 0.409 e. The molecule has 0 saturated carbocycles. The average molecular weight is 404 g/mol. The van der Waals surface area contributed by atoms with Gasteiger partial charge in [-0.1, -0.05) is 12.1 Å². The van der Waals surface area contributed by atoms with Crippen molar-refractivity contribution in [1.82, 2.24) is 15.5 Å². The number of carbonyl (C=O) groups excluding carboxylic acids is 3. The van der Waals surface area contributed by atoms with E-state index in [0.717, 1.165) is 0 Å². The number of hydrogen-bond acceptors (Lipinski definition) is 6. The topological polar surface area (TPSA) is 150 Å². The quantitative estimate of drug-likeness (QED) is 0.309. The van der Waals surface area contributed by atoms with Gasteiger partial charge >= 0.3 is 6.09 Å². The third-order valence-electron chi connectivity index (χ3n) is 4.46. The van der Waals surface area contributed by atoms with Crippen molar-refractivity contribution in [3.05, 3.63) is 29.8 Å². The summed E-state index contributed by atoms with van der Waals surface area (Å²) in [5.41, 5.74) is 6.66. The van der Waals surface area contributed by atoms with E-state index in [1.54, 1.807) is 36.1 Å². The predicted octanol–water partition coefficient (Wildman–Crippen LogP) is 0.236. The third-order valence-corrected chi connectivity index (χ3v) is 4.46. The van der Waals surface area contributed by atoms with E-state index in [9.17, 15) is 14.4 Å². The molecule has 3 amide bonds. The van der Waals surface area contributed by atoms with E-state index in [-0.39, 0.29) is 42.9 Å². The van der Waals surface area contributed by atoms with Gasteiger partial charge in [0.05, 0.1) is 19.7 Å². The Balaban J connectivity index is 1.65. The van der Waals surface area contributed by atoms with Crippen molar-refractivity contribution < 1.29 is 19.1 Å². The van der Waals surface area contributed by atoms with Gasteiger partial charge in [0, 0.05) is 30.4 Å². The van der Waals surface area contributed by atoms with Gasteiger partial charge in [0.1, 0.15) is 5.84 Å². The molecule has 10 heteroatoms. The Morgan fingerprint density at radius 2 is 1.93 bits per heavy atom. The summed E-state index contributed by atoms with van der Waals surface area (Å²) >= 11 is 0. The van der Waals surface area contributed by atoms with Crippen molar-refractivity contribution in [3.63, 3.8) is 0 Å². The van der Waals surface area contributed by atoms with E-state index in [2.05, 4.69) is 16.0 Å². The molecule has 0 radical (unpaired) electrons. The molecular formula is C19H28N6O4. The number of nitrogen functional groups attached to an aromatic ring is 1. The molecule has 0 bridgehead atoms. The number of amidine groups is 1. The van der Waals surface area contributed by atoms with Crippen LogP contribution in [0.15, 0.2) is 24.3 Å². The number of nitrogens with zero attached hydrogens (tertiary/aromatic N) is 1. The molecular weight excluding hydrogens is 376 g/mol. The molecule has 0 aliphatic carbocycles. The van der Waals surface area contributed by atoms with Gasteiger partial charge in [0.25, 0.3) is 0 Å². The second-order valence-corrected chi connectivity index (χ2v) is 6.65. The number of nitrogens with two attached hydrogens (primary N) is 1. The minimum Gasteiger partial charge on any atom is -0.450 e. The number of amides is 3. The zero-order valence-corrected chi connectivity index (χ0v) is 16.5. The molecule has 0 spiro atoms. The molecule has 1 heterocycles. The van der Waals surface area contributed by atoms with Crippen LogP contribution >= 0.6 is 0 Å². The first-order valence-corrected chi connectivity index (χ1v) is 9.55. The third kappa shape index (κ3) is 7.32. The van der Waals surface area contributed by atoms with E-state index in [1.165, 1.54) is 0 Å². The van der Waals surface area contributed by atoms with Crippen molar-refractivity contribution >= 4 is 29.4 Å². The van der Waals surface area contributed by atoms with Crippen LogP contribution in [-0.2, 0) is 14.3 Å². The summed E-state index contributed by atoms with van der Waals surface area (Å²) < 4.78 is 4.97. The molecule has 0 aromatic heterocycles. The summed E-state index contributed by atoms with van der Waals surface area (Å²) in [5.74, 6) is -0.653. The molecule has 158 valence electrons. The minimum atomic E-state index is -0.328. The van der Waals surface area contributed by atoms with Gasteiger partial charge in [-0.2, -0.15) is 0 Å². The second-order valence-electron chi connectivity index (χ2n) is 6.65. The van der Waals surface area contributed by atoms with Crippen LogP contribution in [0, 0.1) is 5.41 Å². The summed E-state index contributed by atoms with van der Waals surface area (Å²) in [4.78, 5) is 37.3. The summed E-state index contributed by atoms with van der Waals surface area (Å²) in [6, 6.07) is 6.84. The molecule has 6 N–H and O–H groups in total. The molecule has 1 saturated heterocycles. The number of rotatable bonds is 8. The highest BCUT2D eigenvalue weighted by molar-refractivity contribution is 5.96. The van der Waals surface area contributed by atoms with Gasteiger partial charge in [-0.25, -0.2) is 4.79 Å². The Morgan fingerprint density at radius 3 is 2.59 bits per heavy atom. The van der Waals surface area contributed by atoms with E-state index in [1.807, 2.05) is 0 Å². The number of carbonyl (C=O) groups is 3. The molecule has 0 atom stereocenters. The van der Waals surface area contributed by atoms with E-state index >= 15 is 0 Å². The Hall–Kier alpha value is -3.30. The maximum atomic E-state index is 12.0. The molecule has 1 aliphatic heterocycles. The van der Waals surface area contributed by atoms with Crippen LogP contribution in [0.25, 0.3) is 0 Å². The fraction of sp³-hybridized carbons (Fsp3) is 0.474. The lowest BCUT2D eigenvalue weighted by Crippen LogP contribution is -2.49. The van der Waals surface area contributed by atoms with Crippen molar-refractivity contribution in [2.75, 3.05) is 38.1 Å². The fourth-order valence-corrected chi connectivity index (χ4v) is 2.92. The van der Waals surface area contributed by atoms with Crippen LogP contribution < -0.4 is 21.7 Å². The normalized spacial score (nSPS) is 14.0. The van der Waals surface area contributed by atoms with E-state index < -0.39 is 0 Å². The standard InChI is InChI=1S/C19H28N6O4/c1-2-29-19(28)25-8-6-14(7-9-25)24-17(27)12-23-16(26)11-22-15-5-3-4-13(10-15)18(20)21/h3-5,10,14,22H,2,6-9,11-12H2,1H3,(H3,20,21)(H,23,26)(H,24,27). The fourth-order valence-electron chi connectivity index (χ4n) is 2.92. The van der Waals surface area contributed by atoms with Gasteiger partial charge in [0.15, 0.2) is 0 Å². The van der Waals surface area contributed by atoms with Gasteiger partial charge < -0.3 is 31.3 Å². The van der Waals surface area contributed by atoms with Crippen molar-refractivity contribution in [1.29, 1.82) is 5.41 Å². The molecule has 2 rings (SSSR count). The number of anilines is 1. The van der Waals surface area contributed by atoms with Crippen LogP contribution in [0.2, 0.25) is 0 Å². The Labute approximate surface area is 169 Å². The molecule has 0 unspecified atom stereocenters. The minimum absolute atomic E-state index is 0.00737. The Kier molecular flexibility index (Phi) is 8.26. The first kappa shape index (κ1) is 22.0. The molecule has 1 fully saturated rings. The Morgan fingerprint density at radius 1 is 1.21 bits per heavy atom. The molecule has 1 aliphatic rings. The predicted molar refractivity (Wildman–Crippen MR) is 109 cm³/mol. The lowest BCUT2D eigenvalue weighted by atomic mass is 10.1. The smallest absolute Gasteiger partial charge is 0.409 e. The SMILES string of the molecule is CCOC(=O)N1CCC(NC(=O)CNC(=O)CNc2cccc(C(=N)N)c2)CC1. The number of nitrogens with one attached hydrogen (secondary N) is 4. The first-order chi connectivity index (χ1) is 13.9. The van der Waals surface area contributed by atoms with Crippen LogP contribution in [-0.4, -0.2) is 67.5 Å². The zero-order chi connectivity index (χ0) is 21.2. The molecule has 1 aromatic carbocycles. The van der Waals surface area contributed by atoms with Crippen LogP contribution in [0.4, 0.5) is 10.5 Å². The molecule has 10 nitrogen and oxygen atoms in total. The largest absolute Gasteiger partial charge is 0.450 e. The number of hydrogen-bond donors (Lipinski definition) is 5. The highest BCUT2D eigenvalue weighted by Crippen LogP contribution is 2.11. The maximum absolute atomic E-state index is 12.0. The molecule has 1 aromatic rings. The lowest BCUT2D eigenvalue weighted by molar-refractivity contribution is -0.125. The number of likely N-dealkylation sites (tertiary alicyclic amines) is 1. The molecule has 29 heavy (non-hydrogen) atoms. The van der Waals surface area contributed by atoms with Crippen molar-refractivity contribution in [3.8, 4) is 0 Å². The monoisotopic (exact) mass is 404 g/mol. The Bertz CT molecular complexity index is 746.